The second-order valence-corrected chi connectivity index (χ2v) is 4.53. The topological polar surface area (TPSA) is 84.2 Å². The lowest BCUT2D eigenvalue weighted by molar-refractivity contribution is -0.125. The summed E-state index contributed by atoms with van der Waals surface area (Å²) in [6.07, 6.45) is -0.0646. The Morgan fingerprint density at radius 1 is 1.26 bits per heavy atom. The molecule has 5 nitrogen and oxygen atoms in total. The summed E-state index contributed by atoms with van der Waals surface area (Å²) in [6.45, 7) is 3.65. The molecule has 0 saturated heterocycles. The first-order valence-electron chi connectivity index (χ1n) is 5.99. The maximum atomic E-state index is 12.8. The molecule has 0 aliphatic carbocycles. The second kappa shape index (κ2) is 6.72. The lowest BCUT2D eigenvalue weighted by atomic mass is 10.1. The van der Waals surface area contributed by atoms with Crippen molar-refractivity contribution in [3.05, 3.63) is 30.1 Å². The number of amides is 2. The van der Waals surface area contributed by atoms with Crippen molar-refractivity contribution >= 4 is 17.5 Å². The van der Waals surface area contributed by atoms with E-state index in [0.29, 0.717) is 5.69 Å². The van der Waals surface area contributed by atoms with Crippen molar-refractivity contribution in [2.45, 2.75) is 32.4 Å². The highest BCUT2D eigenvalue weighted by Crippen LogP contribution is 2.11. The molecular weight excluding hydrogens is 249 g/mol. The van der Waals surface area contributed by atoms with E-state index in [1.54, 1.807) is 0 Å². The van der Waals surface area contributed by atoms with Gasteiger partial charge in [0.05, 0.1) is 6.42 Å². The molecule has 1 aromatic rings. The van der Waals surface area contributed by atoms with E-state index >= 15 is 0 Å². The van der Waals surface area contributed by atoms with E-state index in [0.717, 1.165) is 0 Å². The van der Waals surface area contributed by atoms with Gasteiger partial charge >= 0.3 is 0 Å². The van der Waals surface area contributed by atoms with Gasteiger partial charge in [0.1, 0.15) is 11.9 Å². The zero-order valence-electron chi connectivity index (χ0n) is 10.9. The molecule has 0 heterocycles. The van der Waals surface area contributed by atoms with Crippen LogP contribution in [0.1, 0.15) is 20.3 Å². The number of rotatable bonds is 6. The Morgan fingerprint density at radius 3 is 2.32 bits per heavy atom. The number of benzene rings is 1. The Balaban J connectivity index is 2.65. The molecule has 0 aliphatic heterocycles. The Bertz CT molecular complexity index is 446. The Kier molecular flexibility index (Phi) is 5.29. The minimum Gasteiger partial charge on any atom is -0.373 e. The van der Waals surface area contributed by atoms with Crippen LogP contribution in [0.25, 0.3) is 0 Å². The van der Waals surface area contributed by atoms with Crippen LogP contribution >= 0.6 is 0 Å². The van der Waals surface area contributed by atoms with Crippen LogP contribution in [0.5, 0.6) is 0 Å². The molecule has 0 aliphatic rings. The largest absolute Gasteiger partial charge is 0.373 e. The molecule has 104 valence electrons. The molecule has 19 heavy (non-hydrogen) atoms. The summed E-state index contributed by atoms with van der Waals surface area (Å²) in [5.74, 6) is -1.28. The zero-order chi connectivity index (χ0) is 14.4. The predicted octanol–water partition coefficient (Wildman–Crippen LogP) is 1.01. The molecule has 0 spiro atoms. The van der Waals surface area contributed by atoms with Crippen molar-refractivity contribution in [2.75, 3.05) is 5.32 Å². The Hall–Kier alpha value is -2.11. The molecule has 0 radical (unpaired) electrons. The van der Waals surface area contributed by atoms with Gasteiger partial charge in [0.15, 0.2) is 0 Å². The normalized spacial score (nSPS) is 12.0. The van der Waals surface area contributed by atoms with Crippen LogP contribution in [0.4, 0.5) is 10.1 Å². The number of anilines is 1. The number of primary amides is 1. The molecule has 4 N–H and O–H groups in total. The fourth-order valence-corrected chi connectivity index (χ4v) is 1.54. The summed E-state index contributed by atoms with van der Waals surface area (Å²) < 4.78 is 12.8. The molecule has 0 saturated carbocycles. The van der Waals surface area contributed by atoms with Crippen LogP contribution < -0.4 is 16.4 Å². The van der Waals surface area contributed by atoms with Crippen LogP contribution in [-0.4, -0.2) is 23.9 Å². The van der Waals surface area contributed by atoms with Crippen molar-refractivity contribution in [2.24, 2.45) is 5.73 Å². The fourth-order valence-electron chi connectivity index (χ4n) is 1.54. The maximum absolute atomic E-state index is 12.8. The number of nitrogens with one attached hydrogen (secondary N) is 2. The SMILES string of the molecule is CC(C)NC(=O)CC(Nc1ccc(F)cc1)C(N)=O. The van der Waals surface area contributed by atoms with E-state index in [1.807, 2.05) is 13.8 Å². The maximum Gasteiger partial charge on any atom is 0.240 e. The van der Waals surface area contributed by atoms with Gasteiger partial charge in [-0.1, -0.05) is 0 Å². The number of carbonyl (C=O) groups excluding carboxylic acids is 2. The highest BCUT2D eigenvalue weighted by molar-refractivity contribution is 5.89. The van der Waals surface area contributed by atoms with Crippen molar-refractivity contribution in [3.63, 3.8) is 0 Å². The Labute approximate surface area is 111 Å². The summed E-state index contributed by atoms with van der Waals surface area (Å²) in [5, 5.41) is 5.48. The summed E-state index contributed by atoms with van der Waals surface area (Å²) in [7, 11) is 0. The van der Waals surface area contributed by atoms with Gasteiger partial charge in [-0.25, -0.2) is 4.39 Å². The van der Waals surface area contributed by atoms with Crippen LogP contribution in [-0.2, 0) is 9.59 Å². The van der Waals surface area contributed by atoms with E-state index in [-0.39, 0.29) is 24.2 Å². The average Bonchev–Trinajstić information content (AvgIpc) is 2.29. The lowest BCUT2D eigenvalue weighted by Gasteiger charge is -2.17. The smallest absolute Gasteiger partial charge is 0.240 e. The number of halogens is 1. The Morgan fingerprint density at radius 2 is 1.84 bits per heavy atom. The molecule has 1 aromatic carbocycles. The first-order chi connectivity index (χ1) is 8.88. The van der Waals surface area contributed by atoms with E-state index < -0.39 is 11.9 Å². The molecule has 1 rings (SSSR count). The first-order valence-corrected chi connectivity index (χ1v) is 5.99. The van der Waals surface area contributed by atoms with Gasteiger partial charge in [0.25, 0.3) is 0 Å². The van der Waals surface area contributed by atoms with E-state index in [4.69, 9.17) is 5.73 Å². The molecule has 1 atom stereocenters. The van der Waals surface area contributed by atoms with Crippen LogP contribution in [0.15, 0.2) is 24.3 Å². The predicted molar refractivity (Wildman–Crippen MR) is 70.9 cm³/mol. The van der Waals surface area contributed by atoms with Gasteiger partial charge in [0.2, 0.25) is 11.8 Å². The molecular formula is C13H18FN3O2. The quantitative estimate of drug-likeness (QED) is 0.719. The van der Waals surface area contributed by atoms with Gasteiger partial charge in [-0.3, -0.25) is 9.59 Å². The fraction of sp³-hybridized carbons (Fsp3) is 0.385. The third kappa shape index (κ3) is 5.37. The summed E-state index contributed by atoms with van der Waals surface area (Å²) >= 11 is 0. The lowest BCUT2D eigenvalue weighted by Crippen LogP contribution is -2.41. The van der Waals surface area contributed by atoms with Gasteiger partial charge < -0.3 is 16.4 Å². The molecule has 0 bridgehead atoms. The number of carbonyl (C=O) groups is 2. The third-order valence-electron chi connectivity index (χ3n) is 2.37. The highest BCUT2D eigenvalue weighted by Gasteiger charge is 2.19. The zero-order valence-corrected chi connectivity index (χ0v) is 10.9. The summed E-state index contributed by atoms with van der Waals surface area (Å²) in [5.41, 5.74) is 5.77. The van der Waals surface area contributed by atoms with Gasteiger partial charge in [-0.05, 0) is 38.1 Å². The average molecular weight is 267 g/mol. The number of hydrogen-bond donors (Lipinski definition) is 3. The molecule has 6 heteroatoms. The van der Waals surface area contributed by atoms with Gasteiger partial charge in [-0.2, -0.15) is 0 Å². The molecule has 2 amide bonds. The van der Waals surface area contributed by atoms with Crippen LogP contribution in [0, 0.1) is 5.82 Å². The molecule has 1 unspecified atom stereocenters. The minimum absolute atomic E-state index is 0.00755. The molecule has 0 aromatic heterocycles. The van der Waals surface area contributed by atoms with E-state index in [1.165, 1.54) is 24.3 Å². The summed E-state index contributed by atoms with van der Waals surface area (Å²) in [4.78, 5) is 22.9. The van der Waals surface area contributed by atoms with Gasteiger partial charge in [0, 0.05) is 11.7 Å². The van der Waals surface area contributed by atoms with E-state index in [2.05, 4.69) is 10.6 Å². The van der Waals surface area contributed by atoms with E-state index in [9.17, 15) is 14.0 Å². The van der Waals surface area contributed by atoms with Crippen LogP contribution in [0.3, 0.4) is 0 Å². The third-order valence-corrected chi connectivity index (χ3v) is 2.37. The first kappa shape index (κ1) is 14.9. The second-order valence-electron chi connectivity index (χ2n) is 4.53. The standard InChI is InChI=1S/C13H18FN3O2/c1-8(2)16-12(18)7-11(13(15)19)17-10-5-3-9(14)4-6-10/h3-6,8,11,17H,7H2,1-2H3,(H2,15,19)(H,16,18). The number of hydrogen-bond acceptors (Lipinski definition) is 3. The van der Waals surface area contributed by atoms with Crippen LogP contribution in [0.2, 0.25) is 0 Å². The minimum atomic E-state index is -0.829. The highest BCUT2D eigenvalue weighted by atomic mass is 19.1. The molecule has 0 fully saturated rings. The van der Waals surface area contributed by atoms with Crippen molar-refractivity contribution in [3.8, 4) is 0 Å². The van der Waals surface area contributed by atoms with Crippen molar-refractivity contribution < 1.29 is 14.0 Å². The van der Waals surface area contributed by atoms with Crippen molar-refractivity contribution in [1.82, 2.24) is 5.32 Å². The summed E-state index contributed by atoms with van der Waals surface area (Å²) in [6, 6.07) is 4.64. The van der Waals surface area contributed by atoms with Gasteiger partial charge in [-0.15, -0.1) is 0 Å². The number of nitrogens with two attached hydrogens (primary N) is 1. The monoisotopic (exact) mass is 267 g/mol. The van der Waals surface area contributed by atoms with Crippen molar-refractivity contribution in [1.29, 1.82) is 0 Å².